The van der Waals surface area contributed by atoms with Crippen molar-refractivity contribution in [1.82, 2.24) is 10.1 Å². The van der Waals surface area contributed by atoms with E-state index in [0.29, 0.717) is 11.8 Å². The number of nitrogens with zero attached hydrogens (tertiary/aromatic N) is 2. The fraction of sp³-hybridized carbons (Fsp3) is 0.273. The molecule has 0 aliphatic heterocycles. The Kier molecular flexibility index (Phi) is 3.82. The molecule has 0 spiro atoms. The van der Waals surface area contributed by atoms with Gasteiger partial charge in [-0.15, -0.1) is 11.8 Å². The summed E-state index contributed by atoms with van der Waals surface area (Å²) in [7, 11) is 0. The van der Waals surface area contributed by atoms with E-state index in [9.17, 15) is 0 Å². The van der Waals surface area contributed by atoms with Crippen molar-refractivity contribution in [2.75, 3.05) is 17.6 Å². The summed E-state index contributed by atoms with van der Waals surface area (Å²) < 4.78 is 4.94. The zero-order chi connectivity index (χ0) is 11.2. The van der Waals surface area contributed by atoms with Crippen LogP contribution in [0.4, 0.5) is 6.01 Å². The van der Waals surface area contributed by atoms with Crippen LogP contribution in [0.1, 0.15) is 5.82 Å². The summed E-state index contributed by atoms with van der Waals surface area (Å²) in [5, 5.41) is 6.77. The summed E-state index contributed by atoms with van der Waals surface area (Å²) >= 11 is 1.79. The Bertz CT molecular complexity index is 430. The van der Waals surface area contributed by atoms with E-state index in [4.69, 9.17) is 4.52 Å². The van der Waals surface area contributed by atoms with Crippen molar-refractivity contribution in [2.24, 2.45) is 0 Å². The van der Waals surface area contributed by atoms with Crippen LogP contribution in [0.5, 0.6) is 0 Å². The molecule has 0 bridgehead atoms. The maximum absolute atomic E-state index is 4.94. The summed E-state index contributed by atoms with van der Waals surface area (Å²) in [5.41, 5.74) is 0. The second kappa shape index (κ2) is 5.55. The smallest absolute Gasteiger partial charge is 0.321 e. The number of anilines is 1. The van der Waals surface area contributed by atoms with Gasteiger partial charge in [-0.25, -0.2) is 0 Å². The molecule has 1 heterocycles. The predicted molar refractivity (Wildman–Crippen MR) is 64.7 cm³/mol. The molecule has 0 saturated carbocycles. The number of rotatable bonds is 5. The van der Waals surface area contributed by atoms with Gasteiger partial charge in [-0.05, 0) is 19.1 Å². The summed E-state index contributed by atoms with van der Waals surface area (Å²) in [6, 6.07) is 10.8. The lowest BCUT2D eigenvalue weighted by Gasteiger charge is -2.01. The lowest BCUT2D eigenvalue weighted by molar-refractivity contribution is 0.426. The van der Waals surface area contributed by atoms with E-state index in [-0.39, 0.29) is 0 Å². The van der Waals surface area contributed by atoms with Crippen LogP contribution in [0.15, 0.2) is 39.8 Å². The topological polar surface area (TPSA) is 51.0 Å². The van der Waals surface area contributed by atoms with Crippen LogP contribution in [0.3, 0.4) is 0 Å². The van der Waals surface area contributed by atoms with Gasteiger partial charge in [0.25, 0.3) is 0 Å². The standard InChI is InChI=1S/C11H13N3OS/c1-9-13-11(15-14-9)12-7-8-16-10-5-3-2-4-6-10/h2-6H,7-8H2,1H3,(H,12,13,14). The van der Waals surface area contributed by atoms with Crippen molar-refractivity contribution in [1.29, 1.82) is 0 Å². The fourth-order valence-corrected chi connectivity index (χ4v) is 2.00. The molecule has 5 heteroatoms. The lowest BCUT2D eigenvalue weighted by atomic mass is 10.4. The van der Waals surface area contributed by atoms with Gasteiger partial charge in [0.05, 0.1) is 0 Å². The molecule has 0 saturated heterocycles. The molecule has 1 aromatic carbocycles. The van der Waals surface area contributed by atoms with Crippen molar-refractivity contribution in [3.8, 4) is 0 Å². The minimum atomic E-state index is 0.492. The van der Waals surface area contributed by atoms with Gasteiger partial charge < -0.3 is 9.84 Å². The van der Waals surface area contributed by atoms with Gasteiger partial charge in [0, 0.05) is 17.2 Å². The Morgan fingerprint density at radius 3 is 2.81 bits per heavy atom. The Balaban J connectivity index is 1.69. The number of thioether (sulfide) groups is 1. The molecule has 0 radical (unpaired) electrons. The molecular formula is C11H13N3OS. The quantitative estimate of drug-likeness (QED) is 0.637. The molecule has 0 atom stereocenters. The number of aromatic nitrogens is 2. The first-order chi connectivity index (χ1) is 7.84. The molecule has 1 N–H and O–H groups in total. The van der Waals surface area contributed by atoms with Crippen LogP contribution >= 0.6 is 11.8 Å². The molecule has 2 rings (SSSR count). The molecule has 0 amide bonds. The Hall–Kier alpha value is -1.49. The Morgan fingerprint density at radius 2 is 2.12 bits per heavy atom. The molecule has 0 aliphatic carbocycles. The third kappa shape index (κ3) is 3.27. The molecule has 2 aromatic rings. The molecule has 4 nitrogen and oxygen atoms in total. The van der Waals surface area contributed by atoms with Crippen LogP contribution in [-0.2, 0) is 0 Å². The number of hydrogen-bond acceptors (Lipinski definition) is 5. The highest BCUT2D eigenvalue weighted by atomic mass is 32.2. The number of aryl methyl sites for hydroxylation is 1. The zero-order valence-electron chi connectivity index (χ0n) is 9.01. The van der Waals surface area contributed by atoms with Crippen molar-refractivity contribution < 1.29 is 4.52 Å². The minimum absolute atomic E-state index is 0.492. The first-order valence-corrected chi connectivity index (χ1v) is 6.05. The van der Waals surface area contributed by atoms with Crippen LogP contribution in [0, 0.1) is 6.92 Å². The second-order valence-electron chi connectivity index (χ2n) is 3.24. The van der Waals surface area contributed by atoms with E-state index in [1.165, 1.54) is 4.90 Å². The van der Waals surface area contributed by atoms with Crippen molar-refractivity contribution in [3.05, 3.63) is 36.2 Å². The van der Waals surface area contributed by atoms with Gasteiger partial charge in [0.1, 0.15) is 0 Å². The fourth-order valence-electron chi connectivity index (χ4n) is 1.21. The van der Waals surface area contributed by atoms with E-state index in [2.05, 4.69) is 27.6 Å². The molecule has 1 aromatic heterocycles. The third-order valence-corrected chi connectivity index (χ3v) is 2.93. The number of hydrogen-bond donors (Lipinski definition) is 1. The maximum Gasteiger partial charge on any atom is 0.321 e. The van der Waals surface area contributed by atoms with Crippen molar-refractivity contribution in [2.45, 2.75) is 11.8 Å². The first kappa shape index (κ1) is 11.0. The van der Waals surface area contributed by atoms with Crippen molar-refractivity contribution in [3.63, 3.8) is 0 Å². The second-order valence-corrected chi connectivity index (χ2v) is 4.40. The Morgan fingerprint density at radius 1 is 1.31 bits per heavy atom. The van der Waals surface area contributed by atoms with Crippen LogP contribution in [-0.4, -0.2) is 22.4 Å². The molecular weight excluding hydrogens is 222 g/mol. The van der Waals surface area contributed by atoms with Crippen LogP contribution in [0.25, 0.3) is 0 Å². The maximum atomic E-state index is 4.94. The Labute approximate surface area is 98.4 Å². The molecule has 84 valence electrons. The van der Waals surface area contributed by atoms with Crippen LogP contribution < -0.4 is 5.32 Å². The normalized spacial score (nSPS) is 10.3. The summed E-state index contributed by atoms with van der Waals surface area (Å²) in [5.74, 6) is 1.61. The van der Waals surface area contributed by atoms with Gasteiger partial charge in [-0.1, -0.05) is 23.4 Å². The van der Waals surface area contributed by atoms with E-state index in [0.717, 1.165) is 12.3 Å². The molecule has 16 heavy (non-hydrogen) atoms. The SMILES string of the molecule is Cc1noc(NCCSc2ccccc2)n1. The molecule has 0 fully saturated rings. The highest BCUT2D eigenvalue weighted by Crippen LogP contribution is 2.16. The van der Waals surface area contributed by atoms with Gasteiger partial charge in [-0.3, -0.25) is 0 Å². The molecule has 0 unspecified atom stereocenters. The molecule has 0 aliphatic rings. The number of benzene rings is 1. The van der Waals surface area contributed by atoms with Gasteiger partial charge in [0.2, 0.25) is 0 Å². The highest BCUT2D eigenvalue weighted by Gasteiger charge is 2.00. The third-order valence-electron chi connectivity index (χ3n) is 1.92. The summed E-state index contributed by atoms with van der Waals surface area (Å²) in [6.07, 6.45) is 0. The predicted octanol–water partition coefficient (Wildman–Crippen LogP) is 2.58. The highest BCUT2D eigenvalue weighted by molar-refractivity contribution is 7.99. The minimum Gasteiger partial charge on any atom is -0.337 e. The number of nitrogens with one attached hydrogen (secondary N) is 1. The van der Waals surface area contributed by atoms with Crippen LogP contribution in [0.2, 0.25) is 0 Å². The van der Waals surface area contributed by atoms with E-state index >= 15 is 0 Å². The van der Waals surface area contributed by atoms with Gasteiger partial charge >= 0.3 is 6.01 Å². The van der Waals surface area contributed by atoms with Gasteiger partial charge in [0.15, 0.2) is 5.82 Å². The van der Waals surface area contributed by atoms with E-state index in [1.807, 2.05) is 18.2 Å². The van der Waals surface area contributed by atoms with Crippen molar-refractivity contribution >= 4 is 17.8 Å². The summed E-state index contributed by atoms with van der Waals surface area (Å²) in [4.78, 5) is 5.33. The zero-order valence-corrected chi connectivity index (χ0v) is 9.83. The van der Waals surface area contributed by atoms with E-state index < -0.39 is 0 Å². The average molecular weight is 235 g/mol. The average Bonchev–Trinajstić information content (AvgIpc) is 2.72. The summed E-state index contributed by atoms with van der Waals surface area (Å²) in [6.45, 7) is 2.61. The lowest BCUT2D eigenvalue weighted by Crippen LogP contribution is -2.04. The first-order valence-electron chi connectivity index (χ1n) is 5.06. The van der Waals surface area contributed by atoms with E-state index in [1.54, 1.807) is 18.7 Å². The van der Waals surface area contributed by atoms with Gasteiger partial charge in [-0.2, -0.15) is 4.98 Å². The monoisotopic (exact) mass is 235 g/mol. The largest absolute Gasteiger partial charge is 0.337 e.